The minimum Gasteiger partial charge on any atom is -0.424 e. The van der Waals surface area contributed by atoms with Gasteiger partial charge in [-0.2, -0.15) is 5.26 Å². The zero-order chi connectivity index (χ0) is 28.6. The average Bonchev–Trinajstić information content (AvgIpc) is 3.23. The van der Waals surface area contributed by atoms with Crippen LogP contribution in [-0.4, -0.2) is 25.4 Å². The van der Waals surface area contributed by atoms with Crippen LogP contribution in [0.1, 0.15) is 11.3 Å². The predicted octanol–water partition coefficient (Wildman–Crippen LogP) is 5.81. The number of carbonyl (C=O) groups is 1. The second kappa shape index (κ2) is 10.3. The lowest BCUT2D eigenvalue weighted by Gasteiger charge is -2.12. The molecule has 0 atom stereocenters. The fourth-order valence-electron chi connectivity index (χ4n) is 4.44. The molecule has 0 radical (unpaired) electrons. The Kier molecular flexibility index (Phi) is 6.67. The largest absolute Gasteiger partial charge is 0.424 e. The smallest absolute Gasteiger partial charge is 0.322 e. The van der Waals surface area contributed by atoms with Crippen LogP contribution in [0.5, 0.6) is 11.8 Å². The van der Waals surface area contributed by atoms with E-state index in [0.29, 0.717) is 33.5 Å². The van der Waals surface area contributed by atoms with Crippen molar-refractivity contribution in [3.8, 4) is 40.2 Å². The Balaban J connectivity index is 1.67. The number of anilines is 2. The highest BCUT2D eigenvalue weighted by Crippen LogP contribution is 2.44. The van der Waals surface area contributed by atoms with Crippen molar-refractivity contribution in [1.29, 1.82) is 5.26 Å². The highest BCUT2D eigenvalue weighted by Gasteiger charge is 2.25. The molecular formula is C29H21F2N7O2. The topological polar surface area (TPSA) is 132 Å². The number of aromatic nitrogens is 4. The Morgan fingerprint density at radius 3 is 2.58 bits per heavy atom. The molecule has 3 heterocycles. The van der Waals surface area contributed by atoms with Gasteiger partial charge in [0, 0.05) is 41.9 Å². The summed E-state index contributed by atoms with van der Waals surface area (Å²) in [6.45, 7) is 4.77. The Morgan fingerprint density at radius 2 is 1.93 bits per heavy atom. The van der Waals surface area contributed by atoms with Gasteiger partial charge < -0.3 is 20.4 Å². The molecule has 1 amide bonds. The molecule has 0 aliphatic rings. The van der Waals surface area contributed by atoms with Gasteiger partial charge in [-0.25, -0.2) is 23.7 Å². The summed E-state index contributed by atoms with van der Waals surface area (Å²) in [5, 5.41) is 12.5. The van der Waals surface area contributed by atoms with E-state index in [4.69, 9.17) is 10.5 Å². The van der Waals surface area contributed by atoms with Crippen LogP contribution in [-0.2, 0) is 11.8 Å². The maximum absolute atomic E-state index is 15.6. The summed E-state index contributed by atoms with van der Waals surface area (Å²) in [6, 6.07) is 15.0. The number of nitriles is 1. The molecule has 0 spiro atoms. The van der Waals surface area contributed by atoms with Gasteiger partial charge in [-0.15, -0.1) is 0 Å². The minimum absolute atomic E-state index is 0.0455. The van der Waals surface area contributed by atoms with Crippen molar-refractivity contribution in [2.24, 2.45) is 7.05 Å². The molecule has 0 fully saturated rings. The molecule has 40 heavy (non-hydrogen) atoms. The van der Waals surface area contributed by atoms with Crippen LogP contribution < -0.4 is 15.8 Å². The Bertz CT molecular complexity index is 1860. The number of hydrogen-bond donors (Lipinski definition) is 2. The van der Waals surface area contributed by atoms with Gasteiger partial charge in [-0.1, -0.05) is 18.7 Å². The lowest BCUT2D eigenvalue weighted by atomic mass is 9.97. The van der Waals surface area contributed by atoms with Gasteiger partial charge in [0.2, 0.25) is 0 Å². The molecule has 0 saturated carbocycles. The summed E-state index contributed by atoms with van der Waals surface area (Å²) in [5.41, 5.74) is 9.57. The molecule has 0 unspecified atom stereocenters. The van der Waals surface area contributed by atoms with Gasteiger partial charge in [0.05, 0.1) is 22.2 Å². The van der Waals surface area contributed by atoms with Gasteiger partial charge in [0.15, 0.2) is 5.83 Å². The number of nitrogens with two attached hydrogens (primary N) is 1. The molecule has 9 nitrogen and oxygen atoms in total. The van der Waals surface area contributed by atoms with Gasteiger partial charge in [0.25, 0.3) is 5.91 Å². The number of nitrogen functional groups attached to an aromatic ring is 1. The second-order valence-corrected chi connectivity index (χ2v) is 8.84. The van der Waals surface area contributed by atoms with E-state index in [1.54, 1.807) is 48.1 Å². The number of nitrogens with zero attached hydrogens (tertiary/aromatic N) is 5. The average molecular weight is 538 g/mol. The summed E-state index contributed by atoms with van der Waals surface area (Å²) < 4.78 is 36.2. The van der Waals surface area contributed by atoms with E-state index in [1.165, 1.54) is 18.3 Å². The first-order valence-electron chi connectivity index (χ1n) is 11.9. The first kappa shape index (κ1) is 26.0. The zero-order valence-corrected chi connectivity index (χ0v) is 21.4. The number of rotatable bonds is 6. The van der Waals surface area contributed by atoms with Crippen LogP contribution >= 0.6 is 0 Å². The van der Waals surface area contributed by atoms with Crippen molar-refractivity contribution in [1.82, 2.24) is 19.5 Å². The number of amides is 1. The van der Waals surface area contributed by atoms with Crippen molar-refractivity contribution in [3.63, 3.8) is 0 Å². The normalized spacial score (nSPS) is 10.8. The first-order chi connectivity index (χ1) is 19.2. The minimum atomic E-state index is -1.20. The van der Waals surface area contributed by atoms with Crippen LogP contribution in [0.3, 0.4) is 0 Å². The van der Waals surface area contributed by atoms with Crippen LogP contribution in [0.2, 0.25) is 0 Å². The van der Waals surface area contributed by atoms with Gasteiger partial charge in [0.1, 0.15) is 23.5 Å². The number of hydrogen-bond acceptors (Lipinski definition) is 7. The molecule has 3 N–H and O–H groups in total. The van der Waals surface area contributed by atoms with E-state index in [0.717, 1.165) is 11.8 Å². The number of halogens is 2. The molecule has 3 aromatic heterocycles. The Labute approximate surface area is 227 Å². The SMILES string of the molecule is C=C(F)C(=O)Nc1ccc(-c2c(-c3ccc(Oc4nccc(C)n4)cc3)c3c(N)ncc(C#N)c3n2C)c(F)c1. The quantitative estimate of drug-likeness (QED) is 0.261. The summed E-state index contributed by atoms with van der Waals surface area (Å²) in [5.74, 6) is -2.34. The van der Waals surface area contributed by atoms with Gasteiger partial charge in [-0.3, -0.25) is 4.79 Å². The maximum Gasteiger partial charge on any atom is 0.322 e. The maximum atomic E-state index is 15.6. The standard InChI is InChI=1S/C29H21F2N7O2/c1-15-10-11-34-29(36-15)40-20-7-4-17(5-8-20)23-24-25(18(13-32)14-35-27(24)33)38(3)26(23)21-9-6-19(12-22(21)31)37-28(39)16(2)30/h4-12,14H,2H2,1,3H3,(H2,33,35)(H,37,39). The number of nitrogens with one attached hydrogen (secondary N) is 1. The molecule has 0 aliphatic carbocycles. The van der Waals surface area contributed by atoms with Crippen molar-refractivity contribution in [2.45, 2.75) is 6.92 Å². The second-order valence-electron chi connectivity index (χ2n) is 8.84. The summed E-state index contributed by atoms with van der Waals surface area (Å²) >= 11 is 0. The van der Waals surface area contributed by atoms with E-state index < -0.39 is 17.6 Å². The van der Waals surface area contributed by atoms with E-state index in [2.05, 4.69) is 32.9 Å². The van der Waals surface area contributed by atoms with Crippen molar-refractivity contribution < 1.29 is 18.3 Å². The summed E-state index contributed by atoms with van der Waals surface area (Å²) in [4.78, 5) is 24.2. The van der Waals surface area contributed by atoms with Crippen LogP contribution in [0.15, 0.2) is 73.3 Å². The molecule has 0 saturated heterocycles. The zero-order valence-electron chi connectivity index (χ0n) is 21.4. The van der Waals surface area contributed by atoms with E-state index in [9.17, 15) is 14.4 Å². The highest BCUT2D eigenvalue weighted by molar-refractivity contribution is 6.11. The molecular weight excluding hydrogens is 516 g/mol. The number of pyridine rings is 1. The van der Waals surface area contributed by atoms with E-state index in [-0.39, 0.29) is 28.6 Å². The fourth-order valence-corrected chi connectivity index (χ4v) is 4.44. The summed E-state index contributed by atoms with van der Waals surface area (Å²) in [6.07, 6.45) is 2.96. The molecule has 5 aromatic rings. The van der Waals surface area contributed by atoms with Gasteiger partial charge >= 0.3 is 6.01 Å². The Hall–Kier alpha value is -5.63. The van der Waals surface area contributed by atoms with Crippen LogP contribution in [0, 0.1) is 24.1 Å². The number of aryl methyl sites for hydroxylation is 2. The number of ether oxygens (including phenoxy) is 1. The predicted molar refractivity (Wildman–Crippen MR) is 146 cm³/mol. The van der Waals surface area contributed by atoms with E-state index in [1.807, 2.05) is 6.92 Å². The highest BCUT2D eigenvalue weighted by atomic mass is 19.1. The van der Waals surface area contributed by atoms with Gasteiger partial charge in [-0.05, 0) is 48.9 Å². The molecule has 198 valence electrons. The third kappa shape index (κ3) is 4.69. The first-order valence-corrected chi connectivity index (χ1v) is 11.9. The molecule has 2 aromatic carbocycles. The van der Waals surface area contributed by atoms with Crippen LogP contribution in [0.4, 0.5) is 20.3 Å². The lowest BCUT2D eigenvalue weighted by molar-refractivity contribution is -0.114. The van der Waals surface area contributed by atoms with Crippen molar-refractivity contribution >= 4 is 28.3 Å². The molecule has 11 heteroatoms. The molecule has 0 aliphatic heterocycles. The summed E-state index contributed by atoms with van der Waals surface area (Å²) in [7, 11) is 1.69. The van der Waals surface area contributed by atoms with Crippen molar-refractivity contribution in [3.05, 3.63) is 90.4 Å². The molecule has 5 rings (SSSR count). The Morgan fingerprint density at radius 1 is 1.18 bits per heavy atom. The fraction of sp³-hybridized carbons (Fsp3) is 0.0690. The lowest BCUT2D eigenvalue weighted by Crippen LogP contribution is -2.11. The van der Waals surface area contributed by atoms with Crippen LogP contribution in [0.25, 0.3) is 33.3 Å². The monoisotopic (exact) mass is 537 g/mol. The molecule has 0 bridgehead atoms. The van der Waals surface area contributed by atoms with E-state index >= 15 is 4.39 Å². The third-order valence-electron chi connectivity index (χ3n) is 6.21. The number of carbonyl (C=O) groups excluding carboxylic acids is 1. The number of benzene rings is 2. The van der Waals surface area contributed by atoms with Crippen molar-refractivity contribution in [2.75, 3.05) is 11.1 Å². The number of fused-ring (bicyclic) bond motifs is 1. The third-order valence-corrected chi connectivity index (χ3v) is 6.21.